The fourth-order valence-electron chi connectivity index (χ4n) is 9.38. The third-order valence-electron chi connectivity index (χ3n) is 12.7. The standard InChI is InChI=1S/C41H43ClN8O5S/c42-32-20-29(2-1-27(32)21-43)48-14-11-41(25-48)9-12-47(13-10-41)40(55)34-6-8-36(56-34)46-17-15-45(16-18-46)22-26-23-49(24-26)28-3-4-30-31(19-28)39(54)50(38(30)53)33-5-7-35(51)44-37(33)52/h1-4,6,8,19-20,26,33H,5,7,9-18,22-25H2,(H,44,51,52). The molecule has 5 fully saturated rings. The number of amides is 5. The van der Waals surface area contributed by atoms with Crippen LogP contribution >= 0.6 is 22.9 Å². The molecule has 6 aliphatic rings. The van der Waals surface area contributed by atoms with Crippen molar-refractivity contribution in [2.24, 2.45) is 11.3 Å². The predicted molar refractivity (Wildman–Crippen MR) is 212 cm³/mol. The minimum absolute atomic E-state index is 0.0941. The molecule has 1 spiro atoms. The molecule has 1 atom stereocenters. The maximum absolute atomic E-state index is 13.6. The second kappa shape index (κ2) is 14.5. The van der Waals surface area contributed by atoms with Crippen molar-refractivity contribution in [3.63, 3.8) is 0 Å². The van der Waals surface area contributed by atoms with Crippen molar-refractivity contribution in [2.75, 3.05) is 86.7 Å². The highest BCUT2D eigenvalue weighted by Crippen LogP contribution is 2.43. The molecule has 0 radical (unpaired) electrons. The summed E-state index contributed by atoms with van der Waals surface area (Å²) in [5, 5.41) is 13.1. The number of piperidine rings is 2. The number of nitriles is 1. The number of hydrogen-bond donors (Lipinski definition) is 1. The SMILES string of the molecule is N#Cc1ccc(N2CCC3(CCN(C(=O)c4ccc(N5CCN(CC6CN(c7ccc8c(c7)C(=O)N(C7CCC(=O)NC7=O)C8=O)C6)CC5)s4)CC3)C2)cc1Cl. The summed E-state index contributed by atoms with van der Waals surface area (Å²) < 4.78 is 0. The number of benzene rings is 2. The number of likely N-dealkylation sites (tertiary alicyclic amines) is 1. The van der Waals surface area contributed by atoms with E-state index >= 15 is 0 Å². The molecule has 1 unspecified atom stereocenters. The third kappa shape index (κ3) is 6.69. The van der Waals surface area contributed by atoms with E-state index in [0.717, 1.165) is 117 Å². The lowest BCUT2D eigenvalue weighted by Crippen LogP contribution is -2.55. The summed E-state index contributed by atoms with van der Waals surface area (Å²) >= 11 is 7.92. The molecule has 0 saturated carbocycles. The molecule has 15 heteroatoms. The fourth-order valence-corrected chi connectivity index (χ4v) is 10.6. The lowest BCUT2D eigenvalue weighted by Gasteiger charge is -2.45. The highest BCUT2D eigenvalue weighted by molar-refractivity contribution is 7.18. The molecule has 0 bridgehead atoms. The van der Waals surface area contributed by atoms with Crippen LogP contribution in [0.2, 0.25) is 5.02 Å². The van der Waals surface area contributed by atoms with E-state index in [2.05, 4.69) is 37.1 Å². The smallest absolute Gasteiger partial charge is 0.263 e. The number of hydrogen-bond acceptors (Lipinski definition) is 11. The number of carbonyl (C=O) groups excluding carboxylic acids is 5. The first-order chi connectivity index (χ1) is 27.1. The Kier molecular flexibility index (Phi) is 9.50. The van der Waals surface area contributed by atoms with Gasteiger partial charge >= 0.3 is 0 Å². The summed E-state index contributed by atoms with van der Waals surface area (Å²) in [5.74, 6) is -1.35. The van der Waals surface area contributed by atoms with Crippen LogP contribution in [-0.4, -0.2) is 122 Å². The zero-order chi connectivity index (χ0) is 38.7. The summed E-state index contributed by atoms with van der Waals surface area (Å²) in [7, 11) is 0. The topological polar surface area (TPSA) is 141 Å². The van der Waals surface area contributed by atoms with Crippen LogP contribution < -0.4 is 20.0 Å². The van der Waals surface area contributed by atoms with Gasteiger partial charge in [-0.25, -0.2) is 0 Å². The molecular weight excluding hydrogens is 752 g/mol. The lowest BCUT2D eigenvalue weighted by molar-refractivity contribution is -0.136. The van der Waals surface area contributed by atoms with Crippen LogP contribution in [0.25, 0.3) is 0 Å². The normalized spacial score (nSPS) is 22.8. The van der Waals surface area contributed by atoms with Crippen molar-refractivity contribution in [3.8, 4) is 6.07 Å². The number of carbonyl (C=O) groups is 5. The highest BCUT2D eigenvalue weighted by Gasteiger charge is 2.45. The number of fused-ring (bicyclic) bond motifs is 1. The molecular formula is C41H43ClN8O5S. The van der Waals surface area contributed by atoms with Crippen LogP contribution in [-0.2, 0) is 9.59 Å². The molecule has 0 aliphatic carbocycles. The van der Waals surface area contributed by atoms with Gasteiger partial charge in [0.15, 0.2) is 0 Å². The summed E-state index contributed by atoms with van der Waals surface area (Å²) in [6.45, 7) is 9.83. The van der Waals surface area contributed by atoms with E-state index in [-0.39, 0.29) is 24.2 Å². The zero-order valence-electron chi connectivity index (χ0n) is 31.0. The van der Waals surface area contributed by atoms with Crippen LogP contribution in [0.4, 0.5) is 16.4 Å². The van der Waals surface area contributed by atoms with Gasteiger partial charge in [0.05, 0.1) is 31.6 Å². The van der Waals surface area contributed by atoms with Crippen molar-refractivity contribution in [3.05, 3.63) is 75.1 Å². The van der Waals surface area contributed by atoms with Gasteiger partial charge in [0.25, 0.3) is 17.7 Å². The van der Waals surface area contributed by atoms with E-state index in [1.54, 1.807) is 29.5 Å². The molecule has 3 aromatic rings. The summed E-state index contributed by atoms with van der Waals surface area (Å²) in [6.07, 6.45) is 3.29. The van der Waals surface area contributed by atoms with Gasteiger partial charge < -0.3 is 19.6 Å². The van der Waals surface area contributed by atoms with E-state index in [4.69, 9.17) is 11.6 Å². The Morgan fingerprint density at radius 2 is 1.55 bits per heavy atom. The number of nitrogens with zero attached hydrogens (tertiary/aromatic N) is 7. The number of piperazine rings is 1. The molecule has 6 aliphatic heterocycles. The van der Waals surface area contributed by atoms with E-state index in [9.17, 15) is 29.2 Å². The van der Waals surface area contributed by atoms with Gasteiger partial charge in [-0.05, 0) is 79.6 Å². The van der Waals surface area contributed by atoms with Crippen LogP contribution in [0.15, 0.2) is 48.5 Å². The quantitative estimate of drug-likeness (QED) is 0.349. The Morgan fingerprint density at radius 3 is 2.29 bits per heavy atom. The van der Waals surface area contributed by atoms with Gasteiger partial charge in [-0.2, -0.15) is 5.26 Å². The van der Waals surface area contributed by atoms with Gasteiger partial charge in [-0.15, -0.1) is 11.3 Å². The monoisotopic (exact) mass is 794 g/mol. The molecule has 5 saturated heterocycles. The van der Waals surface area contributed by atoms with Crippen molar-refractivity contribution in [1.82, 2.24) is 20.0 Å². The first-order valence-electron chi connectivity index (χ1n) is 19.5. The Bertz CT molecular complexity index is 2160. The van der Waals surface area contributed by atoms with Crippen LogP contribution in [0.3, 0.4) is 0 Å². The van der Waals surface area contributed by atoms with Crippen LogP contribution in [0, 0.1) is 22.7 Å². The third-order valence-corrected chi connectivity index (χ3v) is 14.2. The molecule has 9 rings (SSSR count). The number of anilines is 3. The second-order valence-corrected chi connectivity index (χ2v) is 17.6. The number of thiophene rings is 1. The number of rotatable bonds is 7. The first kappa shape index (κ1) is 36.7. The molecule has 290 valence electrons. The molecule has 1 aromatic heterocycles. The maximum atomic E-state index is 13.6. The number of imide groups is 2. The van der Waals surface area contributed by atoms with Crippen molar-refractivity contribution >= 4 is 68.8 Å². The predicted octanol–water partition coefficient (Wildman–Crippen LogP) is 4.07. The zero-order valence-corrected chi connectivity index (χ0v) is 32.6. The summed E-state index contributed by atoms with van der Waals surface area (Å²) in [6, 6.07) is 16.2. The van der Waals surface area contributed by atoms with Gasteiger partial charge in [0.2, 0.25) is 11.8 Å². The average Bonchev–Trinajstić information content (AvgIpc) is 3.91. The minimum Gasteiger partial charge on any atom is -0.371 e. The van der Waals surface area contributed by atoms with Crippen molar-refractivity contribution in [2.45, 2.75) is 38.1 Å². The maximum Gasteiger partial charge on any atom is 0.263 e. The Labute approximate surface area is 334 Å². The Morgan fingerprint density at radius 1 is 0.839 bits per heavy atom. The molecule has 56 heavy (non-hydrogen) atoms. The molecule has 13 nitrogen and oxygen atoms in total. The number of halogens is 1. The largest absolute Gasteiger partial charge is 0.371 e. The van der Waals surface area contributed by atoms with Crippen LogP contribution in [0.1, 0.15) is 68.1 Å². The van der Waals surface area contributed by atoms with E-state index in [0.29, 0.717) is 27.6 Å². The van der Waals surface area contributed by atoms with Crippen molar-refractivity contribution < 1.29 is 24.0 Å². The second-order valence-electron chi connectivity index (χ2n) is 16.1. The molecule has 7 heterocycles. The molecule has 2 aromatic carbocycles. The van der Waals surface area contributed by atoms with Gasteiger partial charge in [-0.3, -0.25) is 39.1 Å². The van der Waals surface area contributed by atoms with E-state index in [1.165, 1.54) is 0 Å². The van der Waals surface area contributed by atoms with Gasteiger partial charge in [0, 0.05) is 95.7 Å². The lowest BCUT2D eigenvalue weighted by atomic mass is 9.77. The van der Waals surface area contributed by atoms with Gasteiger partial charge in [-0.1, -0.05) is 11.6 Å². The summed E-state index contributed by atoms with van der Waals surface area (Å²) in [5.41, 5.74) is 3.24. The molecule has 5 amide bonds. The van der Waals surface area contributed by atoms with Crippen LogP contribution in [0.5, 0.6) is 0 Å². The first-order valence-corrected chi connectivity index (χ1v) is 20.7. The summed E-state index contributed by atoms with van der Waals surface area (Å²) in [4.78, 5) is 77.3. The Balaban J connectivity index is 0.722. The number of nitrogens with one attached hydrogen (secondary N) is 1. The van der Waals surface area contributed by atoms with Crippen molar-refractivity contribution in [1.29, 1.82) is 5.26 Å². The average molecular weight is 795 g/mol. The minimum atomic E-state index is -0.968. The highest BCUT2D eigenvalue weighted by atomic mass is 35.5. The van der Waals surface area contributed by atoms with Gasteiger partial charge in [0.1, 0.15) is 12.1 Å². The molecule has 1 N–H and O–H groups in total. The Hall–Kier alpha value is -4.97. The fraction of sp³-hybridized carbons (Fsp3) is 0.463. The van der Waals surface area contributed by atoms with E-state index < -0.39 is 29.7 Å². The van der Waals surface area contributed by atoms with E-state index in [1.807, 2.05) is 29.2 Å².